The van der Waals surface area contributed by atoms with Crippen molar-refractivity contribution in [3.8, 4) is 33.4 Å². The van der Waals surface area contributed by atoms with Crippen LogP contribution in [-0.4, -0.2) is 0 Å². The lowest BCUT2D eigenvalue weighted by Crippen LogP contribution is -2.14. The molecule has 236 valence electrons. The van der Waals surface area contributed by atoms with Crippen LogP contribution in [0.4, 0.5) is 0 Å². The van der Waals surface area contributed by atoms with Crippen LogP contribution in [-0.2, 0) is 5.41 Å². The van der Waals surface area contributed by atoms with E-state index in [4.69, 9.17) is 0 Å². The summed E-state index contributed by atoms with van der Waals surface area (Å²) in [7, 11) is 0. The third kappa shape index (κ3) is 4.51. The zero-order valence-corrected chi connectivity index (χ0v) is 28.9. The summed E-state index contributed by atoms with van der Waals surface area (Å²) < 4.78 is 2.70. The molecule has 0 spiro atoms. The van der Waals surface area contributed by atoms with E-state index in [2.05, 4.69) is 184 Å². The van der Waals surface area contributed by atoms with E-state index in [0.29, 0.717) is 0 Å². The maximum atomic E-state index is 2.46. The first-order chi connectivity index (χ1) is 24.5. The molecule has 1 aliphatic carbocycles. The van der Waals surface area contributed by atoms with E-state index >= 15 is 0 Å². The summed E-state index contributed by atoms with van der Waals surface area (Å²) in [5.74, 6) is 0. The molecular formula is C49H34S. The van der Waals surface area contributed by atoms with Gasteiger partial charge in [-0.2, -0.15) is 0 Å². The Hall–Kier alpha value is -5.76. The molecule has 1 heteroatoms. The highest BCUT2D eigenvalue weighted by Crippen LogP contribution is 2.51. The first kappa shape index (κ1) is 29.2. The van der Waals surface area contributed by atoms with E-state index in [0.717, 1.165) is 0 Å². The van der Waals surface area contributed by atoms with Gasteiger partial charge in [0.15, 0.2) is 0 Å². The number of hydrogen-bond donors (Lipinski definition) is 0. The number of thiophene rings is 1. The van der Waals surface area contributed by atoms with Crippen molar-refractivity contribution >= 4 is 63.8 Å². The molecule has 10 rings (SSSR count). The molecule has 0 bridgehead atoms. The topological polar surface area (TPSA) is 0 Å². The Balaban J connectivity index is 1.19. The van der Waals surface area contributed by atoms with Crippen molar-refractivity contribution in [2.75, 3.05) is 0 Å². The molecule has 0 N–H and O–H groups in total. The lowest BCUT2D eigenvalue weighted by atomic mass is 9.81. The summed E-state index contributed by atoms with van der Waals surface area (Å²) >= 11 is 1.89. The van der Waals surface area contributed by atoms with E-state index in [-0.39, 0.29) is 5.41 Å². The van der Waals surface area contributed by atoms with Crippen molar-refractivity contribution in [2.45, 2.75) is 19.3 Å². The quantitative estimate of drug-likeness (QED) is 0.174. The van der Waals surface area contributed by atoms with Gasteiger partial charge in [-0.25, -0.2) is 0 Å². The van der Waals surface area contributed by atoms with E-state index in [1.165, 1.54) is 97.0 Å². The van der Waals surface area contributed by atoms with Gasteiger partial charge in [0.2, 0.25) is 0 Å². The summed E-state index contributed by atoms with van der Waals surface area (Å²) in [6, 6.07) is 63.1. The number of rotatable bonds is 2. The molecule has 9 aromatic rings. The average Bonchev–Trinajstić information content (AvgIpc) is 3.61. The van der Waals surface area contributed by atoms with Gasteiger partial charge in [0, 0.05) is 25.6 Å². The highest BCUT2D eigenvalue weighted by molar-refractivity contribution is 7.25. The Kier molecular flexibility index (Phi) is 6.50. The molecule has 0 fully saturated rings. The lowest BCUT2D eigenvalue weighted by molar-refractivity contribution is 0.661. The van der Waals surface area contributed by atoms with E-state index in [1.807, 2.05) is 11.3 Å². The summed E-state index contributed by atoms with van der Waals surface area (Å²) in [6.07, 6.45) is 0. The molecule has 0 radical (unpaired) electrons. The molecule has 0 saturated carbocycles. The summed E-state index contributed by atoms with van der Waals surface area (Å²) in [5.41, 5.74) is 10.3. The zero-order chi connectivity index (χ0) is 33.4. The van der Waals surface area contributed by atoms with Gasteiger partial charge in [-0.1, -0.05) is 141 Å². The molecule has 0 unspecified atom stereocenters. The summed E-state index contributed by atoms with van der Waals surface area (Å²) in [4.78, 5) is 0. The second-order valence-corrected chi connectivity index (χ2v) is 15.2. The largest absolute Gasteiger partial charge is 0.135 e. The SMILES string of the molecule is CC1(C)c2ccc(-c3ccccccc(-c4ccc5ccccc5c4)c4ccccc34)cc2-c2cc3cc4sc5ccccc5c4cc3cc21. The molecule has 0 atom stereocenters. The highest BCUT2D eigenvalue weighted by Gasteiger charge is 2.36. The molecule has 50 heavy (non-hydrogen) atoms. The van der Waals surface area contributed by atoms with Crippen molar-refractivity contribution in [2.24, 2.45) is 0 Å². The smallest absolute Gasteiger partial charge is 0.0361 e. The van der Waals surface area contributed by atoms with Gasteiger partial charge < -0.3 is 0 Å². The molecule has 1 heterocycles. The van der Waals surface area contributed by atoms with Gasteiger partial charge in [-0.3, -0.25) is 0 Å². The fraction of sp³-hybridized carbons (Fsp3) is 0.0612. The van der Waals surface area contributed by atoms with E-state index in [9.17, 15) is 0 Å². The number of fused-ring (bicyclic) bond motifs is 9. The van der Waals surface area contributed by atoms with Crippen LogP contribution < -0.4 is 0 Å². The predicted molar refractivity (Wildman–Crippen MR) is 218 cm³/mol. The molecule has 1 aromatic heterocycles. The first-order valence-electron chi connectivity index (χ1n) is 17.4. The predicted octanol–water partition coefficient (Wildman–Crippen LogP) is 14.3. The Bertz CT molecular complexity index is 2900. The maximum Gasteiger partial charge on any atom is 0.0361 e. The molecular weight excluding hydrogens is 621 g/mol. The zero-order valence-electron chi connectivity index (χ0n) is 28.1. The fourth-order valence-corrected chi connectivity index (χ4v) is 9.45. The molecule has 1 aliphatic rings. The Morgan fingerprint density at radius 2 is 0.940 bits per heavy atom. The standard InChI is InChI=1S/C49H34S/c1-49(2)45-24-23-34(26-42(45)43-27-36-30-48-44(28-35(36)29-46(43)49)41-19-11-12-20-47(41)50-48)38-16-6-4-3-5-15-37(39-17-9-10-18-40(38)39)33-22-21-31-13-7-8-14-32(31)25-33/h3-30H,1-2H3. The van der Waals surface area contributed by atoms with Gasteiger partial charge in [0.05, 0.1) is 0 Å². The molecule has 0 aliphatic heterocycles. The Labute approximate surface area is 296 Å². The highest BCUT2D eigenvalue weighted by atomic mass is 32.1. The summed E-state index contributed by atoms with van der Waals surface area (Å²) in [5, 5.41) is 10.3. The van der Waals surface area contributed by atoms with Gasteiger partial charge in [-0.15, -0.1) is 11.3 Å². The minimum absolute atomic E-state index is 0.0949. The minimum atomic E-state index is -0.0949. The lowest BCUT2D eigenvalue weighted by Gasteiger charge is -2.22. The second kappa shape index (κ2) is 11.1. The van der Waals surface area contributed by atoms with Crippen LogP contribution in [0.2, 0.25) is 0 Å². The third-order valence-electron chi connectivity index (χ3n) is 10.9. The van der Waals surface area contributed by atoms with E-state index in [1.54, 1.807) is 0 Å². The molecule has 0 amide bonds. The van der Waals surface area contributed by atoms with Crippen molar-refractivity contribution in [3.05, 3.63) is 181 Å². The van der Waals surface area contributed by atoms with Crippen molar-refractivity contribution in [3.63, 3.8) is 0 Å². The average molecular weight is 655 g/mol. The van der Waals surface area contributed by atoms with Crippen molar-refractivity contribution in [1.82, 2.24) is 0 Å². The molecule has 0 saturated heterocycles. The van der Waals surface area contributed by atoms with Crippen LogP contribution in [0.3, 0.4) is 0 Å². The van der Waals surface area contributed by atoms with E-state index < -0.39 is 0 Å². The summed E-state index contributed by atoms with van der Waals surface area (Å²) in [6.45, 7) is 4.77. The maximum absolute atomic E-state index is 2.46. The van der Waals surface area contributed by atoms with Crippen LogP contribution >= 0.6 is 11.3 Å². The first-order valence-corrected chi connectivity index (χ1v) is 18.2. The Morgan fingerprint density at radius 3 is 1.72 bits per heavy atom. The Morgan fingerprint density at radius 1 is 0.340 bits per heavy atom. The van der Waals surface area contributed by atoms with Crippen molar-refractivity contribution in [1.29, 1.82) is 0 Å². The van der Waals surface area contributed by atoms with Crippen LogP contribution in [0.1, 0.15) is 25.0 Å². The van der Waals surface area contributed by atoms with Crippen LogP contribution in [0.15, 0.2) is 170 Å². The fourth-order valence-electron chi connectivity index (χ4n) is 8.31. The molecule has 0 nitrogen and oxygen atoms in total. The monoisotopic (exact) mass is 654 g/mol. The second-order valence-electron chi connectivity index (χ2n) is 14.1. The van der Waals surface area contributed by atoms with Crippen LogP contribution in [0, 0.1) is 0 Å². The van der Waals surface area contributed by atoms with Gasteiger partial charge in [0.25, 0.3) is 0 Å². The van der Waals surface area contributed by atoms with Crippen LogP contribution in [0.5, 0.6) is 0 Å². The normalized spacial score (nSPS) is 13.2. The van der Waals surface area contributed by atoms with Crippen molar-refractivity contribution < 1.29 is 0 Å². The minimum Gasteiger partial charge on any atom is -0.135 e. The third-order valence-corrected chi connectivity index (χ3v) is 12.0. The molecule has 8 aromatic carbocycles. The van der Waals surface area contributed by atoms with Gasteiger partial charge in [0.1, 0.15) is 0 Å². The number of benzene rings is 7. The van der Waals surface area contributed by atoms with Gasteiger partial charge in [-0.05, 0) is 119 Å². The number of hydrogen-bond acceptors (Lipinski definition) is 1. The van der Waals surface area contributed by atoms with Crippen LogP contribution in [0.25, 0.3) is 85.9 Å². The van der Waals surface area contributed by atoms with Gasteiger partial charge >= 0.3 is 0 Å².